The molecule has 9 heteroatoms. The second-order valence-corrected chi connectivity index (χ2v) is 11.6. The van der Waals surface area contributed by atoms with Crippen LogP contribution in [-0.4, -0.2) is 33.9 Å². The van der Waals surface area contributed by atoms with Gasteiger partial charge >= 0.3 is 11.9 Å². The molecule has 6 N–H and O–H groups in total. The van der Waals surface area contributed by atoms with Crippen molar-refractivity contribution in [1.29, 1.82) is 0 Å². The van der Waals surface area contributed by atoms with Gasteiger partial charge in [0.05, 0.1) is 0 Å². The number of nitrogens with two attached hydrogens (primary N) is 2. The Morgan fingerprint density at radius 2 is 0.911 bits per heavy atom. The SMILES string of the molecule is CCCCCCCCCC(=O)C(C(=O)O)c1ccc(N)cc1.CCCCCCCCCC(=O)C(C(=O)OO)c1ccc(N)cc1. The van der Waals surface area contributed by atoms with Gasteiger partial charge in [-0.15, -0.1) is 0 Å². The van der Waals surface area contributed by atoms with Gasteiger partial charge in [-0.3, -0.25) is 19.3 Å². The number of anilines is 2. The molecule has 45 heavy (non-hydrogen) atoms. The highest BCUT2D eigenvalue weighted by Gasteiger charge is 2.30. The van der Waals surface area contributed by atoms with Crippen LogP contribution in [0.3, 0.4) is 0 Å². The molecule has 0 radical (unpaired) electrons. The first-order valence-corrected chi connectivity index (χ1v) is 16.5. The largest absolute Gasteiger partial charge is 0.480 e. The van der Waals surface area contributed by atoms with E-state index in [0.717, 1.165) is 38.5 Å². The zero-order chi connectivity index (χ0) is 33.5. The van der Waals surface area contributed by atoms with Crippen LogP contribution in [0.4, 0.5) is 11.4 Å². The zero-order valence-electron chi connectivity index (χ0n) is 27.2. The van der Waals surface area contributed by atoms with E-state index in [2.05, 4.69) is 18.7 Å². The van der Waals surface area contributed by atoms with Gasteiger partial charge in [-0.25, -0.2) is 4.79 Å². The Bertz CT molecular complexity index is 1130. The van der Waals surface area contributed by atoms with E-state index in [1.54, 1.807) is 48.5 Å². The van der Waals surface area contributed by atoms with Gasteiger partial charge in [0.15, 0.2) is 11.6 Å². The molecule has 0 saturated carbocycles. The lowest BCUT2D eigenvalue weighted by Gasteiger charge is -2.13. The highest BCUT2D eigenvalue weighted by Crippen LogP contribution is 2.24. The van der Waals surface area contributed by atoms with Gasteiger partial charge in [0.25, 0.3) is 0 Å². The maximum atomic E-state index is 12.3. The van der Waals surface area contributed by atoms with E-state index in [0.29, 0.717) is 35.3 Å². The minimum absolute atomic E-state index is 0.217. The van der Waals surface area contributed by atoms with E-state index in [9.17, 15) is 24.3 Å². The fraction of sp³-hybridized carbons (Fsp3) is 0.556. The molecule has 2 aromatic rings. The van der Waals surface area contributed by atoms with Crippen molar-refractivity contribution in [2.45, 2.75) is 128 Å². The molecule has 0 bridgehead atoms. The van der Waals surface area contributed by atoms with Gasteiger partial charge < -0.3 is 16.6 Å². The van der Waals surface area contributed by atoms with E-state index < -0.39 is 23.8 Å². The molecule has 2 atom stereocenters. The van der Waals surface area contributed by atoms with Gasteiger partial charge in [-0.2, -0.15) is 5.26 Å². The average Bonchev–Trinajstić information content (AvgIpc) is 3.02. The summed E-state index contributed by atoms with van der Waals surface area (Å²) in [5, 5.41) is 17.9. The summed E-state index contributed by atoms with van der Waals surface area (Å²) >= 11 is 0. The molecule has 9 nitrogen and oxygen atoms in total. The zero-order valence-corrected chi connectivity index (χ0v) is 27.2. The van der Waals surface area contributed by atoms with Crippen LogP contribution in [-0.2, 0) is 24.1 Å². The molecule has 2 unspecified atom stereocenters. The van der Waals surface area contributed by atoms with E-state index in [-0.39, 0.29) is 11.6 Å². The van der Waals surface area contributed by atoms with Crippen molar-refractivity contribution in [1.82, 2.24) is 0 Å². The number of ketones is 2. The summed E-state index contributed by atoms with van der Waals surface area (Å²) in [5.41, 5.74) is 13.3. The normalized spacial score (nSPS) is 12.0. The first-order chi connectivity index (χ1) is 21.7. The molecular weight excluding hydrogens is 572 g/mol. The Hall–Kier alpha value is -3.72. The number of carbonyl (C=O) groups is 4. The van der Waals surface area contributed by atoms with Crippen LogP contribution in [0.15, 0.2) is 48.5 Å². The number of carbonyl (C=O) groups excluding carboxylic acids is 3. The summed E-state index contributed by atoms with van der Waals surface area (Å²) in [4.78, 5) is 51.4. The summed E-state index contributed by atoms with van der Waals surface area (Å²) in [6.45, 7) is 4.36. The molecule has 0 amide bonds. The second-order valence-electron chi connectivity index (χ2n) is 11.6. The fourth-order valence-corrected chi connectivity index (χ4v) is 5.15. The van der Waals surface area contributed by atoms with Crippen LogP contribution in [0.1, 0.15) is 140 Å². The molecule has 0 aliphatic heterocycles. The smallest absolute Gasteiger partial charge is 0.356 e. The van der Waals surface area contributed by atoms with Crippen molar-refractivity contribution in [2.75, 3.05) is 11.5 Å². The second kappa shape index (κ2) is 23.6. The fourth-order valence-electron chi connectivity index (χ4n) is 5.15. The minimum Gasteiger partial charge on any atom is -0.480 e. The first kappa shape index (κ1) is 39.3. The number of carboxylic acid groups (broad SMARTS) is 1. The topological polar surface area (TPSA) is 170 Å². The number of hydrogen-bond donors (Lipinski definition) is 4. The van der Waals surface area contributed by atoms with Crippen molar-refractivity contribution < 1.29 is 34.4 Å². The Labute approximate surface area is 268 Å². The van der Waals surface area contributed by atoms with Crippen LogP contribution >= 0.6 is 0 Å². The molecule has 250 valence electrons. The van der Waals surface area contributed by atoms with Gasteiger partial charge in [-0.05, 0) is 48.2 Å². The third kappa shape index (κ3) is 16.2. The van der Waals surface area contributed by atoms with E-state index in [1.807, 2.05) is 0 Å². The van der Waals surface area contributed by atoms with Crippen molar-refractivity contribution in [3.05, 3.63) is 59.7 Å². The molecule has 0 spiro atoms. The standard InChI is InChI=1S/C18H27NO4.C18H27NO3/c1-2-3-4-5-6-7-8-9-16(20)17(18(21)23-22)14-10-12-15(19)13-11-14;1-2-3-4-5-6-7-8-9-16(20)17(18(21)22)14-10-12-15(19)13-11-14/h10-13,17,22H,2-9,19H2,1H3;10-13,17H,2-9,19H2,1H3,(H,21,22). The van der Waals surface area contributed by atoms with E-state index in [1.165, 1.54) is 51.4 Å². The van der Waals surface area contributed by atoms with Gasteiger partial charge in [-0.1, -0.05) is 115 Å². The van der Waals surface area contributed by atoms with Crippen LogP contribution in [0.2, 0.25) is 0 Å². The number of nitrogen functional groups attached to an aromatic ring is 2. The number of hydrogen-bond acceptors (Lipinski definition) is 8. The highest BCUT2D eigenvalue weighted by molar-refractivity contribution is 6.04. The summed E-state index contributed by atoms with van der Waals surface area (Å²) < 4.78 is 0. The summed E-state index contributed by atoms with van der Waals surface area (Å²) in [7, 11) is 0. The van der Waals surface area contributed by atoms with E-state index >= 15 is 0 Å². The first-order valence-electron chi connectivity index (χ1n) is 16.5. The highest BCUT2D eigenvalue weighted by atomic mass is 17.1. The quantitative estimate of drug-likeness (QED) is 0.0330. The molecular formula is C36H54N2O7. The number of carboxylic acids is 1. The van der Waals surface area contributed by atoms with Crippen LogP contribution < -0.4 is 11.5 Å². The number of aliphatic carboxylic acids is 1. The molecule has 0 saturated heterocycles. The Kier molecular flexibility index (Phi) is 20.6. The number of unbranched alkanes of at least 4 members (excludes halogenated alkanes) is 12. The van der Waals surface area contributed by atoms with Crippen molar-refractivity contribution in [2.24, 2.45) is 0 Å². The summed E-state index contributed by atoms with van der Waals surface area (Å²) in [5.74, 6) is -4.63. The molecule has 0 heterocycles. The predicted octanol–water partition coefficient (Wildman–Crippen LogP) is 8.23. The van der Waals surface area contributed by atoms with Crippen LogP contribution in [0.25, 0.3) is 0 Å². The Morgan fingerprint density at radius 1 is 0.578 bits per heavy atom. The molecule has 0 fully saturated rings. The van der Waals surface area contributed by atoms with Crippen LogP contribution in [0.5, 0.6) is 0 Å². The molecule has 0 aromatic heterocycles. The molecule has 0 aliphatic carbocycles. The van der Waals surface area contributed by atoms with Crippen molar-refractivity contribution in [3.8, 4) is 0 Å². The molecule has 0 aliphatic rings. The van der Waals surface area contributed by atoms with Gasteiger partial charge in [0, 0.05) is 24.2 Å². The molecule has 2 aromatic carbocycles. The monoisotopic (exact) mass is 626 g/mol. The number of Topliss-reactive ketones (excluding diaryl/α,β-unsaturated/α-hetero) is 2. The lowest BCUT2D eigenvalue weighted by atomic mass is 9.91. The lowest BCUT2D eigenvalue weighted by Crippen LogP contribution is -2.23. The van der Waals surface area contributed by atoms with Crippen molar-refractivity contribution in [3.63, 3.8) is 0 Å². The van der Waals surface area contributed by atoms with Gasteiger partial charge in [0.1, 0.15) is 11.8 Å². The predicted molar refractivity (Wildman–Crippen MR) is 179 cm³/mol. The Morgan fingerprint density at radius 3 is 1.27 bits per heavy atom. The van der Waals surface area contributed by atoms with Crippen molar-refractivity contribution >= 4 is 34.9 Å². The minimum atomic E-state index is -1.09. The average molecular weight is 627 g/mol. The maximum absolute atomic E-state index is 12.3. The maximum Gasteiger partial charge on any atom is 0.356 e. The molecule has 2 rings (SSSR count). The van der Waals surface area contributed by atoms with E-state index in [4.69, 9.17) is 16.7 Å². The lowest BCUT2D eigenvalue weighted by molar-refractivity contribution is -0.235. The third-order valence-corrected chi connectivity index (χ3v) is 7.81. The van der Waals surface area contributed by atoms with Crippen LogP contribution in [0, 0.1) is 0 Å². The van der Waals surface area contributed by atoms with Gasteiger partial charge in [0.2, 0.25) is 0 Å². The third-order valence-electron chi connectivity index (χ3n) is 7.81. The summed E-state index contributed by atoms with van der Waals surface area (Å²) in [6, 6.07) is 13.0. The Balaban J connectivity index is 0.000000450. The number of rotatable bonds is 22. The number of benzene rings is 2. The summed E-state index contributed by atoms with van der Waals surface area (Å²) in [6.07, 6.45) is 16.1.